The number of hydrogen-bond donors (Lipinski definition) is 1. The van der Waals surface area contributed by atoms with Gasteiger partial charge in [-0.2, -0.15) is 0 Å². The Hall–Kier alpha value is -2.09. The van der Waals surface area contributed by atoms with Crippen LogP contribution < -0.4 is 5.73 Å². The highest BCUT2D eigenvalue weighted by molar-refractivity contribution is 5.96. The third-order valence-corrected chi connectivity index (χ3v) is 6.08. The molecule has 3 aliphatic rings. The minimum atomic E-state index is 0.0422. The van der Waals surface area contributed by atoms with E-state index in [4.69, 9.17) is 5.73 Å². The molecular formula is C20H19NO. The number of benzene rings is 2. The van der Waals surface area contributed by atoms with E-state index in [2.05, 4.69) is 30.4 Å². The van der Waals surface area contributed by atoms with Crippen LogP contribution in [0.4, 0.5) is 5.69 Å². The lowest BCUT2D eigenvalue weighted by Crippen LogP contribution is -2.38. The first-order valence-electron chi connectivity index (χ1n) is 8.17. The lowest BCUT2D eigenvalue weighted by molar-refractivity contribution is -0.120. The van der Waals surface area contributed by atoms with Gasteiger partial charge in [0.1, 0.15) is 5.78 Å². The van der Waals surface area contributed by atoms with Crippen molar-refractivity contribution in [2.45, 2.75) is 31.1 Å². The Balaban J connectivity index is 1.81. The molecule has 3 unspecified atom stereocenters. The van der Waals surface area contributed by atoms with E-state index < -0.39 is 0 Å². The van der Waals surface area contributed by atoms with Gasteiger partial charge in [-0.25, -0.2) is 0 Å². The smallest absolute Gasteiger partial charge is 0.138 e. The summed E-state index contributed by atoms with van der Waals surface area (Å²) in [7, 11) is 0. The van der Waals surface area contributed by atoms with Gasteiger partial charge in [-0.1, -0.05) is 30.4 Å². The zero-order chi connectivity index (χ0) is 14.9. The molecule has 2 N–H and O–H groups in total. The second-order valence-corrected chi connectivity index (χ2v) is 7.32. The minimum absolute atomic E-state index is 0.0422. The molecule has 0 radical (unpaired) electrons. The summed E-state index contributed by atoms with van der Waals surface area (Å²) in [6.07, 6.45) is 8.35. The van der Waals surface area contributed by atoms with Crippen LogP contribution in [0, 0.1) is 11.8 Å². The van der Waals surface area contributed by atoms with Crippen LogP contribution in [-0.4, -0.2) is 5.78 Å². The van der Waals surface area contributed by atoms with Crippen molar-refractivity contribution in [3.63, 3.8) is 0 Å². The van der Waals surface area contributed by atoms with Gasteiger partial charge >= 0.3 is 0 Å². The first-order valence-corrected chi connectivity index (χ1v) is 8.17. The number of fused-ring (bicyclic) bond motifs is 6. The molecule has 0 saturated heterocycles. The molecule has 22 heavy (non-hydrogen) atoms. The van der Waals surface area contributed by atoms with Crippen LogP contribution >= 0.6 is 0 Å². The van der Waals surface area contributed by atoms with Crippen molar-refractivity contribution in [3.8, 4) is 0 Å². The van der Waals surface area contributed by atoms with Crippen molar-refractivity contribution in [1.82, 2.24) is 0 Å². The fourth-order valence-electron chi connectivity index (χ4n) is 5.20. The van der Waals surface area contributed by atoms with E-state index in [0.29, 0.717) is 30.5 Å². The molecular weight excluding hydrogens is 270 g/mol. The van der Waals surface area contributed by atoms with E-state index in [9.17, 15) is 4.79 Å². The Morgan fingerprint density at radius 3 is 2.86 bits per heavy atom. The second-order valence-electron chi connectivity index (χ2n) is 7.32. The van der Waals surface area contributed by atoms with Crippen LogP contribution in [0.3, 0.4) is 0 Å². The number of anilines is 1. The van der Waals surface area contributed by atoms with Gasteiger partial charge in [0.05, 0.1) is 0 Å². The molecule has 1 spiro atoms. The molecule has 2 bridgehead atoms. The monoisotopic (exact) mass is 289 g/mol. The summed E-state index contributed by atoms with van der Waals surface area (Å²) in [5.74, 6) is 1.59. The number of carbonyl (C=O) groups excluding carboxylic acids is 1. The second kappa shape index (κ2) is 4.01. The van der Waals surface area contributed by atoms with E-state index in [-0.39, 0.29) is 5.41 Å². The number of nitrogen functional groups attached to an aromatic ring is 1. The van der Waals surface area contributed by atoms with Gasteiger partial charge in [-0.05, 0) is 53.3 Å². The quantitative estimate of drug-likeness (QED) is 0.592. The zero-order valence-electron chi connectivity index (χ0n) is 12.5. The van der Waals surface area contributed by atoms with Crippen LogP contribution in [0.1, 0.15) is 30.4 Å². The van der Waals surface area contributed by atoms with E-state index >= 15 is 0 Å². The average molecular weight is 289 g/mol. The van der Waals surface area contributed by atoms with Crippen LogP contribution in [0.15, 0.2) is 42.5 Å². The number of Topliss-reactive ketones (excluding diaryl/α,β-unsaturated/α-hetero) is 1. The first kappa shape index (κ1) is 12.5. The van der Waals surface area contributed by atoms with E-state index in [1.807, 2.05) is 12.1 Å². The number of allylic oxidation sites excluding steroid dienone is 2. The molecule has 1 fully saturated rings. The highest BCUT2D eigenvalue weighted by Gasteiger charge is 2.52. The molecule has 110 valence electrons. The Bertz CT molecular complexity index is 850. The molecule has 2 heteroatoms. The van der Waals surface area contributed by atoms with Gasteiger partial charge in [-0.3, -0.25) is 4.79 Å². The first-order chi connectivity index (χ1) is 10.7. The Labute approximate surface area is 130 Å². The fourth-order valence-corrected chi connectivity index (χ4v) is 5.20. The van der Waals surface area contributed by atoms with Gasteiger partial charge < -0.3 is 5.73 Å². The normalized spacial score (nSPS) is 32.1. The Morgan fingerprint density at radius 2 is 2.09 bits per heavy atom. The van der Waals surface area contributed by atoms with Crippen LogP contribution in [0.2, 0.25) is 0 Å². The molecule has 1 saturated carbocycles. The highest BCUT2D eigenvalue weighted by atomic mass is 16.1. The predicted octanol–water partition coefficient (Wildman–Crippen LogP) is 3.77. The summed E-state index contributed by atoms with van der Waals surface area (Å²) in [6.45, 7) is 0. The third-order valence-electron chi connectivity index (χ3n) is 6.08. The SMILES string of the molecule is Nc1cccc2cc3c(cc12)C1(CC(=O)C3)CC2C=CC1C2. The molecule has 0 aliphatic heterocycles. The predicted molar refractivity (Wildman–Crippen MR) is 88.7 cm³/mol. The number of hydrogen-bond acceptors (Lipinski definition) is 2. The van der Waals surface area contributed by atoms with E-state index in [0.717, 1.165) is 22.9 Å². The van der Waals surface area contributed by atoms with Crippen LogP contribution in [-0.2, 0) is 16.6 Å². The molecule has 2 nitrogen and oxygen atoms in total. The fraction of sp³-hybridized carbons (Fsp3) is 0.350. The summed E-state index contributed by atoms with van der Waals surface area (Å²) in [6, 6.07) is 10.6. The van der Waals surface area contributed by atoms with E-state index in [1.54, 1.807) is 0 Å². The summed E-state index contributed by atoms with van der Waals surface area (Å²) in [5, 5.41) is 2.30. The summed E-state index contributed by atoms with van der Waals surface area (Å²) >= 11 is 0. The van der Waals surface area contributed by atoms with Gasteiger partial charge in [-0.15, -0.1) is 0 Å². The summed E-state index contributed by atoms with van der Waals surface area (Å²) < 4.78 is 0. The molecule has 0 heterocycles. The molecule has 0 amide bonds. The minimum Gasteiger partial charge on any atom is -0.398 e. The maximum Gasteiger partial charge on any atom is 0.138 e. The Kier molecular flexibility index (Phi) is 2.27. The highest BCUT2D eigenvalue weighted by Crippen LogP contribution is 2.58. The van der Waals surface area contributed by atoms with Gasteiger partial charge in [0.2, 0.25) is 0 Å². The lowest BCUT2D eigenvalue weighted by Gasteiger charge is -2.40. The van der Waals surface area contributed by atoms with Crippen molar-refractivity contribution >= 4 is 22.2 Å². The van der Waals surface area contributed by atoms with Crippen molar-refractivity contribution in [3.05, 3.63) is 53.6 Å². The average Bonchev–Trinajstić information content (AvgIpc) is 3.07. The van der Waals surface area contributed by atoms with E-state index in [1.165, 1.54) is 17.5 Å². The standard InChI is InChI=1S/C20H19NO/c21-19-3-1-2-13-7-14-8-16(22)11-20(18(14)9-17(13)19)10-12-4-5-15(20)6-12/h1-5,7,9,12,15H,6,8,10-11,21H2. The molecule has 2 aromatic rings. The lowest BCUT2D eigenvalue weighted by atomic mass is 9.62. The summed E-state index contributed by atoms with van der Waals surface area (Å²) in [5.41, 5.74) is 9.71. The van der Waals surface area contributed by atoms with Crippen molar-refractivity contribution < 1.29 is 4.79 Å². The van der Waals surface area contributed by atoms with Crippen molar-refractivity contribution in [1.29, 1.82) is 0 Å². The largest absolute Gasteiger partial charge is 0.398 e. The van der Waals surface area contributed by atoms with Crippen molar-refractivity contribution in [2.75, 3.05) is 5.73 Å². The molecule has 0 aromatic heterocycles. The molecule has 5 rings (SSSR count). The zero-order valence-corrected chi connectivity index (χ0v) is 12.5. The maximum atomic E-state index is 12.4. The van der Waals surface area contributed by atoms with Crippen LogP contribution in [0.25, 0.3) is 10.8 Å². The van der Waals surface area contributed by atoms with Gasteiger partial charge in [0.25, 0.3) is 0 Å². The maximum absolute atomic E-state index is 12.4. The molecule has 3 atom stereocenters. The van der Waals surface area contributed by atoms with Gasteiger partial charge in [0, 0.05) is 29.3 Å². The third kappa shape index (κ3) is 1.48. The molecule has 2 aromatic carbocycles. The number of carbonyl (C=O) groups is 1. The number of nitrogens with two attached hydrogens (primary N) is 1. The summed E-state index contributed by atoms with van der Waals surface area (Å²) in [4.78, 5) is 12.4. The van der Waals surface area contributed by atoms with Crippen LogP contribution in [0.5, 0.6) is 0 Å². The molecule has 3 aliphatic carbocycles. The number of ketones is 1. The topological polar surface area (TPSA) is 43.1 Å². The number of rotatable bonds is 0. The van der Waals surface area contributed by atoms with Crippen molar-refractivity contribution in [2.24, 2.45) is 11.8 Å². The van der Waals surface area contributed by atoms with Gasteiger partial charge in [0.15, 0.2) is 0 Å². The Morgan fingerprint density at radius 1 is 1.18 bits per heavy atom.